The molecule has 0 radical (unpaired) electrons. The maximum Gasteiger partial charge on any atom is 0.338 e. The molecule has 98 valence electrons. The van der Waals surface area contributed by atoms with E-state index in [9.17, 15) is 4.79 Å². The summed E-state index contributed by atoms with van der Waals surface area (Å²) in [5.74, 6) is -0.372. The minimum absolute atomic E-state index is 0.244. The van der Waals surface area contributed by atoms with E-state index in [0.29, 0.717) is 15.7 Å². The zero-order chi connectivity index (χ0) is 13.8. The number of ether oxygens (including phenoxy) is 1. The third-order valence-corrected chi connectivity index (χ3v) is 3.73. The van der Waals surface area contributed by atoms with Crippen molar-refractivity contribution in [2.24, 2.45) is 0 Å². The summed E-state index contributed by atoms with van der Waals surface area (Å²) in [7, 11) is 0. The molecule has 5 heteroatoms. The van der Waals surface area contributed by atoms with E-state index >= 15 is 0 Å². The molecule has 0 atom stereocenters. The fourth-order valence-electron chi connectivity index (χ4n) is 1.47. The normalized spacial score (nSPS) is 10.2. The first kappa shape index (κ1) is 14.1. The maximum absolute atomic E-state index is 11.9. The number of carbonyl (C=O) groups is 1. The second kappa shape index (κ2) is 6.21. The van der Waals surface area contributed by atoms with Crippen LogP contribution >= 0.6 is 31.9 Å². The molecule has 0 spiro atoms. The summed E-state index contributed by atoms with van der Waals surface area (Å²) in [6, 6.07) is 12.6. The number of halogens is 2. The van der Waals surface area contributed by atoms with Gasteiger partial charge in [0.05, 0.1) is 5.56 Å². The van der Waals surface area contributed by atoms with Crippen LogP contribution < -0.4 is 5.73 Å². The van der Waals surface area contributed by atoms with E-state index < -0.39 is 0 Å². The van der Waals surface area contributed by atoms with Crippen LogP contribution in [0.25, 0.3) is 0 Å². The Labute approximate surface area is 128 Å². The van der Waals surface area contributed by atoms with Gasteiger partial charge in [0.2, 0.25) is 0 Å². The highest BCUT2D eigenvalue weighted by molar-refractivity contribution is 9.10. The third kappa shape index (κ3) is 3.81. The zero-order valence-electron chi connectivity index (χ0n) is 9.90. The summed E-state index contributed by atoms with van der Waals surface area (Å²) in [5, 5.41) is 0. The molecular formula is C14H11Br2NO2. The Balaban J connectivity index is 2.01. The van der Waals surface area contributed by atoms with Crippen LogP contribution in [0.2, 0.25) is 0 Å². The largest absolute Gasteiger partial charge is 0.457 e. The lowest BCUT2D eigenvalue weighted by atomic mass is 10.2. The second-order valence-corrected chi connectivity index (χ2v) is 5.71. The molecule has 0 bridgehead atoms. The van der Waals surface area contributed by atoms with Crippen LogP contribution in [0, 0.1) is 0 Å². The lowest BCUT2D eigenvalue weighted by Gasteiger charge is -2.06. The molecule has 2 N–H and O–H groups in total. The van der Waals surface area contributed by atoms with Gasteiger partial charge < -0.3 is 10.5 Å². The van der Waals surface area contributed by atoms with Gasteiger partial charge in [-0.2, -0.15) is 0 Å². The van der Waals surface area contributed by atoms with Crippen molar-refractivity contribution < 1.29 is 9.53 Å². The molecule has 0 unspecified atom stereocenters. The summed E-state index contributed by atoms with van der Waals surface area (Å²) in [5.41, 5.74) is 7.66. The highest BCUT2D eigenvalue weighted by atomic mass is 79.9. The minimum Gasteiger partial charge on any atom is -0.457 e. The number of nitrogen functional groups attached to an aromatic ring is 1. The second-order valence-electron chi connectivity index (χ2n) is 3.94. The van der Waals surface area contributed by atoms with Crippen LogP contribution in [0.1, 0.15) is 15.9 Å². The third-order valence-electron chi connectivity index (χ3n) is 2.52. The molecule has 0 heterocycles. The van der Waals surface area contributed by atoms with Gasteiger partial charge in [-0.1, -0.05) is 28.1 Å². The quantitative estimate of drug-likeness (QED) is 0.638. The van der Waals surface area contributed by atoms with Crippen molar-refractivity contribution in [3.8, 4) is 0 Å². The summed E-state index contributed by atoms with van der Waals surface area (Å²) >= 11 is 6.63. The molecular weight excluding hydrogens is 374 g/mol. The van der Waals surface area contributed by atoms with Gasteiger partial charge in [-0.05, 0) is 51.8 Å². The number of anilines is 1. The van der Waals surface area contributed by atoms with Crippen LogP contribution in [0.3, 0.4) is 0 Å². The van der Waals surface area contributed by atoms with Crippen LogP contribution in [0.15, 0.2) is 51.4 Å². The van der Waals surface area contributed by atoms with Crippen LogP contribution in [-0.4, -0.2) is 5.97 Å². The summed E-state index contributed by atoms with van der Waals surface area (Å²) in [6.45, 7) is 0.244. The molecule has 0 aliphatic heterocycles. The van der Waals surface area contributed by atoms with Crippen LogP contribution in [0.4, 0.5) is 5.69 Å². The number of esters is 1. The molecule has 0 saturated heterocycles. The number of benzene rings is 2. The van der Waals surface area contributed by atoms with Crippen LogP contribution in [0.5, 0.6) is 0 Å². The molecule has 0 fully saturated rings. The maximum atomic E-state index is 11.9. The van der Waals surface area contributed by atoms with E-state index in [1.54, 1.807) is 18.2 Å². The average Bonchev–Trinajstić information content (AvgIpc) is 2.41. The predicted molar refractivity (Wildman–Crippen MR) is 81.8 cm³/mol. The molecule has 2 aromatic carbocycles. The molecule has 2 aromatic rings. The van der Waals surface area contributed by atoms with Gasteiger partial charge >= 0.3 is 5.97 Å². The van der Waals surface area contributed by atoms with E-state index in [1.807, 2.05) is 24.3 Å². The number of rotatable bonds is 3. The Morgan fingerprint density at radius 3 is 2.42 bits per heavy atom. The van der Waals surface area contributed by atoms with E-state index in [1.165, 1.54) is 0 Å². The Morgan fingerprint density at radius 1 is 1.11 bits per heavy atom. The minimum atomic E-state index is -0.372. The van der Waals surface area contributed by atoms with E-state index in [-0.39, 0.29) is 12.6 Å². The Morgan fingerprint density at radius 2 is 1.79 bits per heavy atom. The molecule has 3 nitrogen and oxygen atoms in total. The van der Waals surface area contributed by atoms with Crippen molar-refractivity contribution >= 4 is 43.5 Å². The van der Waals surface area contributed by atoms with Gasteiger partial charge in [-0.3, -0.25) is 0 Å². The number of carbonyl (C=O) groups excluding carboxylic acids is 1. The topological polar surface area (TPSA) is 52.3 Å². The zero-order valence-corrected chi connectivity index (χ0v) is 13.1. The SMILES string of the molecule is Nc1ccc(C(=O)OCc2ccc(Br)cc2)cc1Br. The van der Waals surface area contributed by atoms with Gasteiger partial charge in [-0.15, -0.1) is 0 Å². The summed E-state index contributed by atoms with van der Waals surface area (Å²) < 4.78 is 6.91. The lowest BCUT2D eigenvalue weighted by Crippen LogP contribution is -2.05. The van der Waals surface area contributed by atoms with Crippen molar-refractivity contribution in [3.63, 3.8) is 0 Å². The molecule has 0 aliphatic carbocycles. The smallest absolute Gasteiger partial charge is 0.338 e. The number of hydrogen-bond acceptors (Lipinski definition) is 3. The van der Waals surface area contributed by atoms with Crippen molar-refractivity contribution in [2.45, 2.75) is 6.61 Å². The highest BCUT2D eigenvalue weighted by Gasteiger charge is 2.09. The monoisotopic (exact) mass is 383 g/mol. The first-order valence-corrected chi connectivity index (χ1v) is 7.11. The first-order chi connectivity index (χ1) is 9.06. The predicted octanol–water partition coefficient (Wildman–Crippen LogP) is 4.15. The Bertz CT molecular complexity index is 597. The molecule has 0 aliphatic rings. The standard InChI is InChI=1S/C14H11Br2NO2/c15-11-4-1-9(2-5-11)8-19-14(18)10-3-6-13(17)12(16)7-10/h1-7H,8,17H2. The van der Waals surface area contributed by atoms with Crippen molar-refractivity contribution in [3.05, 3.63) is 62.5 Å². The number of nitrogens with two attached hydrogens (primary N) is 1. The Kier molecular flexibility index (Phi) is 4.61. The fourth-order valence-corrected chi connectivity index (χ4v) is 2.11. The molecule has 19 heavy (non-hydrogen) atoms. The Hall–Kier alpha value is -1.33. The molecule has 0 saturated carbocycles. The summed E-state index contributed by atoms with van der Waals surface area (Å²) in [4.78, 5) is 11.9. The van der Waals surface area contributed by atoms with Crippen molar-refractivity contribution in [2.75, 3.05) is 5.73 Å². The van der Waals surface area contributed by atoms with Gasteiger partial charge in [0.15, 0.2) is 0 Å². The number of hydrogen-bond donors (Lipinski definition) is 1. The van der Waals surface area contributed by atoms with Gasteiger partial charge in [0, 0.05) is 14.6 Å². The van der Waals surface area contributed by atoms with Crippen molar-refractivity contribution in [1.82, 2.24) is 0 Å². The van der Waals surface area contributed by atoms with Gasteiger partial charge in [0.25, 0.3) is 0 Å². The first-order valence-electron chi connectivity index (χ1n) is 5.53. The van der Waals surface area contributed by atoms with Gasteiger partial charge in [0.1, 0.15) is 6.61 Å². The van der Waals surface area contributed by atoms with Crippen molar-refractivity contribution in [1.29, 1.82) is 0 Å². The average molecular weight is 385 g/mol. The molecule has 0 aromatic heterocycles. The van der Waals surface area contributed by atoms with E-state index in [4.69, 9.17) is 10.5 Å². The molecule has 2 rings (SSSR count). The van der Waals surface area contributed by atoms with E-state index in [2.05, 4.69) is 31.9 Å². The van der Waals surface area contributed by atoms with Crippen LogP contribution in [-0.2, 0) is 11.3 Å². The highest BCUT2D eigenvalue weighted by Crippen LogP contribution is 2.21. The van der Waals surface area contributed by atoms with Gasteiger partial charge in [-0.25, -0.2) is 4.79 Å². The fraction of sp³-hybridized carbons (Fsp3) is 0.0714. The lowest BCUT2D eigenvalue weighted by molar-refractivity contribution is 0.0472. The summed E-state index contributed by atoms with van der Waals surface area (Å²) in [6.07, 6.45) is 0. The van der Waals surface area contributed by atoms with E-state index in [0.717, 1.165) is 10.0 Å². The molecule has 0 amide bonds.